The van der Waals surface area contributed by atoms with E-state index in [9.17, 15) is 24.3 Å². The minimum atomic E-state index is -1.20. The lowest BCUT2D eigenvalue weighted by molar-refractivity contribution is -0.141. The van der Waals surface area contributed by atoms with Gasteiger partial charge in [0.2, 0.25) is 17.7 Å². The first-order valence-electron chi connectivity index (χ1n) is 19.9. The minimum Gasteiger partial charge on any atom is -0.491 e. The average molecular weight is 799 g/mol. The second kappa shape index (κ2) is 23.4. The molecule has 1 heterocycles. The Labute approximate surface area is 344 Å². The van der Waals surface area contributed by atoms with E-state index < -0.39 is 12.0 Å². The second-order valence-electron chi connectivity index (χ2n) is 13.9. The lowest BCUT2D eigenvalue weighted by Gasteiger charge is -2.31. The van der Waals surface area contributed by atoms with Gasteiger partial charge in [-0.25, -0.2) is 4.79 Å². The van der Waals surface area contributed by atoms with Crippen molar-refractivity contribution in [3.05, 3.63) is 132 Å². The zero-order valence-corrected chi connectivity index (χ0v) is 33.0. The van der Waals surface area contributed by atoms with Crippen LogP contribution >= 0.6 is 0 Å². The summed E-state index contributed by atoms with van der Waals surface area (Å²) >= 11 is 0. The summed E-state index contributed by atoms with van der Waals surface area (Å²) in [4.78, 5) is 53.0. The van der Waals surface area contributed by atoms with Crippen molar-refractivity contribution in [2.24, 2.45) is 0 Å². The third-order valence-electron chi connectivity index (χ3n) is 9.47. The van der Waals surface area contributed by atoms with Crippen LogP contribution < -0.4 is 20.1 Å². The first kappa shape index (κ1) is 43.3. The van der Waals surface area contributed by atoms with Gasteiger partial charge in [0.15, 0.2) is 11.5 Å². The van der Waals surface area contributed by atoms with Crippen LogP contribution in [-0.2, 0) is 27.3 Å². The van der Waals surface area contributed by atoms with Crippen LogP contribution in [0.5, 0.6) is 17.2 Å². The van der Waals surface area contributed by atoms with Crippen LogP contribution in [0.4, 0.5) is 0 Å². The molecule has 0 saturated heterocycles. The normalized spacial score (nSPS) is 11.2. The number of carbonyl (C=O) groups excluding carboxylic acids is 3. The molecule has 4 aromatic carbocycles. The second-order valence-corrected chi connectivity index (χ2v) is 13.9. The molecule has 0 bridgehead atoms. The summed E-state index contributed by atoms with van der Waals surface area (Å²) in [7, 11) is 0. The van der Waals surface area contributed by atoms with E-state index in [1.165, 1.54) is 6.07 Å². The standard InChI is InChI=1S/C47H50N4O8/c1-2-3-7-21-45(53)51(31-14-17-35-15-8-4-9-16-35)42(34-57-38-28-24-37(25-29-38)43-32-41(47(55)56)50-59-43)46(54)48-30-13-6-12-20-44(52)49-33-36-22-26-40(27-23-36)58-39-18-10-5-11-19-39/h1,4-5,8-11,15-16,18-19,22-29,32,42H,3,6-7,12-14,17,20-21,30-31,33-34H2,(H,48,54)(H,49,52)(H,55,56). The summed E-state index contributed by atoms with van der Waals surface area (Å²) in [6.45, 7) is 1.00. The molecule has 1 atom stereocenters. The van der Waals surface area contributed by atoms with Crippen LogP contribution in [0.25, 0.3) is 11.3 Å². The third kappa shape index (κ3) is 14.5. The predicted octanol–water partition coefficient (Wildman–Crippen LogP) is 7.84. The highest BCUT2D eigenvalue weighted by Crippen LogP contribution is 2.24. The number of aryl methyl sites for hydroxylation is 1. The summed E-state index contributed by atoms with van der Waals surface area (Å²) in [5, 5.41) is 18.7. The van der Waals surface area contributed by atoms with Gasteiger partial charge >= 0.3 is 5.97 Å². The number of carboxylic acid groups (broad SMARTS) is 1. The van der Waals surface area contributed by atoms with Crippen molar-refractivity contribution in [3.8, 4) is 40.9 Å². The third-order valence-corrected chi connectivity index (χ3v) is 9.47. The molecule has 306 valence electrons. The van der Waals surface area contributed by atoms with E-state index >= 15 is 0 Å². The van der Waals surface area contributed by atoms with E-state index in [0.29, 0.717) is 75.2 Å². The molecule has 0 aliphatic rings. The molecule has 0 spiro atoms. The van der Waals surface area contributed by atoms with E-state index in [1.807, 2.05) is 84.9 Å². The van der Waals surface area contributed by atoms with Crippen molar-refractivity contribution < 1.29 is 38.3 Å². The number of terminal acetylenes is 1. The van der Waals surface area contributed by atoms with Gasteiger partial charge in [-0.3, -0.25) is 14.4 Å². The van der Waals surface area contributed by atoms with E-state index in [0.717, 1.165) is 29.7 Å². The maximum Gasteiger partial charge on any atom is 0.358 e. The number of hydrogen-bond donors (Lipinski definition) is 3. The van der Waals surface area contributed by atoms with Crippen molar-refractivity contribution in [1.82, 2.24) is 20.7 Å². The maximum atomic E-state index is 13.9. The number of para-hydroxylation sites is 1. The molecule has 1 unspecified atom stereocenters. The van der Waals surface area contributed by atoms with Crippen molar-refractivity contribution in [2.45, 2.75) is 70.4 Å². The topological polar surface area (TPSA) is 160 Å². The Hall–Kier alpha value is -6.87. The van der Waals surface area contributed by atoms with E-state index in [2.05, 4.69) is 21.7 Å². The maximum absolute atomic E-state index is 13.9. The van der Waals surface area contributed by atoms with Gasteiger partial charge in [-0.15, -0.1) is 12.3 Å². The number of aromatic carboxylic acids is 1. The molecule has 5 rings (SSSR count). The highest BCUT2D eigenvalue weighted by atomic mass is 16.5. The number of aromatic nitrogens is 1. The number of carbonyl (C=O) groups is 4. The Morgan fingerprint density at radius 2 is 1.46 bits per heavy atom. The van der Waals surface area contributed by atoms with Gasteiger partial charge in [0.25, 0.3) is 0 Å². The van der Waals surface area contributed by atoms with Crippen molar-refractivity contribution in [1.29, 1.82) is 0 Å². The van der Waals surface area contributed by atoms with Crippen molar-refractivity contribution in [3.63, 3.8) is 0 Å². The zero-order valence-electron chi connectivity index (χ0n) is 33.0. The fraction of sp³-hybridized carbons (Fsp3) is 0.298. The summed E-state index contributed by atoms with van der Waals surface area (Å²) in [5.74, 6) is 3.01. The molecule has 0 fully saturated rings. The fourth-order valence-corrected chi connectivity index (χ4v) is 6.25. The van der Waals surface area contributed by atoms with Crippen LogP contribution in [0.15, 0.2) is 120 Å². The predicted molar refractivity (Wildman–Crippen MR) is 224 cm³/mol. The lowest BCUT2D eigenvalue weighted by Crippen LogP contribution is -2.53. The molecule has 12 nitrogen and oxygen atoms in total. The average Bonchev–Trinajstić information content (AvgIpc) is 3.76. The SMILES string of the molecule is C#CCCCC(=O)N(CCCc1ccccc1)C(COc1ccc(-c2cc(C(=O)O)no2)cc1)C(=O)NCCCCCC(=O)NCc1ccc(Oc2ccccc2)cc1. The van der Waals surface area contributed by atoms with Gasteiger partial charge in [-0.1, -0.05) is 72.2 Å². The first-order valence-corrected chi connectivity index (χ1v) is 19.9. The van der Waals surface area contributed by atoms with E-state index in [-0.39, 0.29) is 42.2 Å². The van der Waals surface area contributed by atoms with Gasteiger partial charge in [-0.05, 0) is 91.8 Å². The van der Waals surface area contributed by atoms with Gasteiger partial charge in [0.1, 0.15) is 29.9 Å². The number of amides is 3. The van der Waals surface area contributed by atoms with Crippen LogP contribution in [0.2, 0.25) is 0 Å². The number of benzene rings is 4. The Balaban J connectivity index is 1.13. The van der Waals surface area contributed by atoms with Gasteiger partial charge in [0.05, 0.1) is 0 Å². The molecule has 1 aromatic heterocycles. The lowest BCUT2D eigenvalue weighted by atomic mass is 10.1. The molecule has 0 radical (unpaired) electrons. The van der Waals surface area contributed by atoms with Gasteiger partial charge < -0.3 is 34.6 Å². The number of carboxylic acids is 1. The Bertz CT molecular complexity index is 2110. The molecule has 0 aliphatic heterocycles. The molecule has 0 aliphatic carbocycles. The number of nitrogens with zero attached hydrogens (tertiary/aromatic N) is 2. The Morgan fingerprint density at radius 1 is 0.763 bits per heavy atom. The molecular formula is C47H50N4O8. The summed E-state index contributed by atoms with van der Waals surface area (Å²) in [6.07, 6.45) is 10.3. The van der Waals surface area contributed by atoms with E-state index in [1.54, 1.807) is 29.2 Å². The number of nitrogens with one attached hydrogen (secondary N) is 2. The number of ether oxygens (including phenoxy) is 2. The monoisotopic (exact) mass is 798 g/mol. The zero-order chi connectivity index (χ0) is 41.7. The van der Waals surface area contributed by atoms with Gasteiger partial charge in [-0.2, -0.15) is 0 Å². The highest BCUT2D eigenvalue weighted by molar-refractivity contribution is 5.88. The number of unbranched alkanes of at least 4 members (excludes halogenated alkanes) is 3. The Kier molecular flexibility index (Phi) is 17.1. The molecule has 3 amide bonds. The van der Waals surface area contributed by atoms with E-state index in [4.69, 9.17) is 20.4 Å². The molecule has 3 N–H and O–H groups in total. The number of rotatable bonds is 24. The van der Waals surface area contributed by atoms with Crippen LogP contribution in [0.3, 0.4) is 0 Å². The fourth-order valence-electron chi connectivity index (χ4n) is 6.25. The van der Waals surface area contributed by atoms with Crippen LogP contribution in [0, 0.1) is 12.3 Å². The smallest absolute Gasteiger partial charge is 0.358 e. The van der Waals surface area contributed by atoms with Crippen LogP contribution in [0.1, 0.15) is 73.0 Å². The van der Waals surface area contributed by atoms with Gasteiger partial charge in [0, 0.05) is 50.5 Å². The molecular weight excluding hydrogens is 749 g/mol. The highest BCUT2D eigenvalue weighted by Gasteiger charge is 2.30. The summed E-state index contributed by atoms with van der Waals surface area (Å²) in [5.41, 5.74) is 2.48. The largest absolute Gasteiger partial charge is 0.491 e. The first-order chi connectivity index (χ1) is 28.8. The number of hydrogen-bond acceptors (Lipinski definition) is 8. The molecule has 0 saturated carbocycles. The quantitative estimate of drug-likeness (QED) is 0.0418. The molecule has 12 heteroatoms. The summed E-state index contributed by atoms with van der Waals surface area (Å²) in [6, 6.07) is 34.2. The van der Waals surface area contributed by atoms with Crippen molar-refractivity contribution >= 4 is 23.7 Å². The molecule has 59 heavy (non-hydrogen) atoms. The molecule has 5 aromatic rings. The minimum absolute atomic E-state index is 0.0516. The summed E-state index contributed by atoms with van der Waals surface area (Å²) < 4.78 is 17.1. The van der Waals surface area contributed by atoms with Crippen molar-refractivity contribution in [2.75, 3.05) is 19.7 Å². The Morgan fingerprint density at radius 3 is 2.15 bits per heavy atom. The van der Waals surface area contributed by atoms with Crippen LogP contribution in [-0.4, -0.2) is 64.6 Å².